The Labute approximate surface area is 112 Å². The monoisotopic (exact) mass is 258 g/mol. The molecule has 0 spiro atoms. The minimum atomic E-state index is -0.270. The number of hydrogen-bond acceptors (Lipinski definition) is 4. The summed E-state index contributed by atoms with van der Waals surface area (Å²) in [5.74, 6) is 0. The van der Waals surface area contributed by atoms with Crippen molar-refractivity contribution in [1.82, 2.24) is 10.2 Å². The third-order valence-corrected chi connectivity index (χ3v) is 3.79. The maximum Gasteiger partial charge on any atom is 0.336 e. The van der Waals surface area contributed by atoms with Crippen LogP contribution in [0.3, 0.4) is 0 Å². The fourth-order valence-corrected chi connectivity index (χ4v) is 2.45. The van der Waals surface area contributed by atoms with Crippen LogP contribution in [0.5, 0.6) is 0 Å². The third kappa shape index (κ3) is 2.41. The van der Waals surface area contributed by atoms with E-state index in [9.17, 15) is 4.79 Å². The van der Waals surface area contributed by atoms with Crippen LogP contribution in [-0.2, 0) is 6.54 Å². The molecule has 0 saturated carbocycles. The van der Waals surface area contributed by atoms with Crippen LogP contribution in [0, 0.1) is 6.92 Å². The van der Waals surface area contributed by atoms with E-state index in [2.05, 4.69) is 23.3 Å². The van der Waals surface area contributed by atoms with Crippen molar-refractivity contribution >= 4 is 11.0 Å². The molecule has 1 aliphatic rings. The summed E-state index contributed by atoms with van der Waals surface area (Å²) in [4.78, 5) is 13.9. The molecular formula is C15H18N2O2. The second kappa shape index (κ2) is 4.79. The van der Waals surface area contributed by atoms with Crippen molar-refractivity contribution in [2.45, 2.75) is 19.5 Å². The summed E-state index contributed by atoms with van der Waals surface area (Å²) in [6.45, 7) is 4.82. The third-order valence-electron chi connectivity index (χ3n) is 3.79. The number of likely N-dealkylation sites (N-methyl/N-ethyl adjacent to an activating group) is 1. The lowest BCUT2D eigenvalue weighted by molar-refractivity contribution is 0.173. The summed E-state index contributed by atoms with van der Waals surface area (Å²) in [6, 6.07) is 8.19. The topological polar surface area (TPSA) is 45.5 Å². The lowest BCUT2D eigenvalue weighted by Crippen LogP contribution is -2.55. The van der Waals surface area contributed by atoms with Gasteiger partial charge in [-0.25, -0.2) is 4.79 Å². The highest BCUT2D eigenvalue weighted by molar-refractivity contribution is 5.80. The molecule has 3 rings (SSSR count). The number of hydrogen-bond donors (Lipinski definition) is 1. The zero-order chi connectivity index (χ0) is 13.4. The quantitative estimate of drug-likeness (QED) is 0.848. The Morgan fingerprint density at radius 1 is 1.37 bits per heavy atom. The molecule has 0 bridgehead atoms. The van der Waals surface area contributed by atoms with Gasteiger partial charge < -0.3 is 9.73 Å². The van der Waals surface area contributed by atoms with E-state index in [1.807, 2.05) is 19.1 Å². The Bertz CT molecular complexity index is 659. The second-order valence-corrected chi connectivity index (χ2v) is 5.32. The first-order valence-corrected chi connectivity index (χ1v) is 6.58. The SMILES string of the molecule is Cc1ccc2c(CN(C)C3CNC3)cc(=O)oc2c1. The fourth-order valence-electron chi connectivity index (χ4n) is 2.45. The first kappa shape index (κ1) is 12.4. The molecule has 4 nitrogen and oxygen atoms in total. The molecule has 19 heavy (non-hydrogen) atoms. The van der Waals surface area contributed by atoms with Gasteiger partial charge in [0, 0.05) is 37.1 Å². The second-order valence-electron chi connectivity index (χ2n) is 5.32. The molecule has 0 amide bonds. The van der Waals surface area contributed by atoms with E-state index in [1.165, 1.54) is 0 Å². The van der Waals surface area contributed by atoms with E-state index >= 15 is 0 Å². The first-order chi connectivity index (χ1) is 9.13. The fraction of sp³-hybridized carbons (Fsp3) is 0.400. The summed E-state index contributed by atoms with van der Waals surface area (Å²) in [5.41, 5.74) is 2.56. The number of fused-ring (bicyclic) bond motifs is 1. The Hall–Kier alpha value is -1.65. The van der Waals surface area contributed by atoms with Crippen LogP contribution in [0.2, 0.25) is 0 Å². The van der Waals surface area contributed by atoms with E-state index in [4.69, 9.17) is 4.42 Å². The van der Waals surface area contributed by atoms with Crippen LogP contribution in [0.1, 0.15) is 11.1 Å². The van der Waals surface area contributed by atoms with Crippen LogP contribution in [0.15, 0.2) is 33.5 Å². The van der Waals surface area contributed by atoms with Crippen molar-refractivity contribution in [3.63, 3.8) is 0 Å². The average molecular weight is 258 g/mol. The normalized spacial score (nSPS) is 15.9. The molecule has 1 aromatic heterocycles. The summed E-state index contributed by atoms with van der Waals surface area (Å²) < 4.78 is 5.28. The Balaban J connectivity index is 1.99. The van der Waals surface area contributed by atoms with E-state index in [0.717, 1.165) is 36.1 Å². The molecule has 1 aromatic carbocycles. The Morgan fingerprint density at radius 3 is 2.84 bits per heavy atom. The first-order valence-electron chi connectivity index (χ1n) is 6.58. The molecule has 1 saturated heterocycles. The number of nitrogens with one attached hydrogen (secondary N) is 1. The number of rotatable bonds is 3. The molecule has 0 unspecified atom stereocenters. The number of aryl methyl sites for hydroxylation is 1. The van der Waals surface area contributed by atoms with Crippen molar-refractivity contribution in [3.8, 4) is 0 Å². The zero-order valence-corrected chi connectivity index (χ0v) is 11.3. The summed E-state index contributed by atoms with van der Waals surface area (Å²) in [6.07, 6.45) is 0. The highest BCUT2D eigenvalue weighted by atomic mass is 16.4. The largest absolute Gasteiger partial charge is 0.423 e. The van der Waals surface area contributed by atoms with E-state index in [-0.39, 0.29) is 5.63 Å². The van der Waals surface area contributed by atoms with Crippen LogP contribution < -0.4 is 10.9 Å². The van der Waals surface area contributed by atoms with Gasteiger partial charge in [0.05, 0.1) is 0 Å². The predicted molar refractivity (Wildman–Crippen MR) is 75.3 cm³/mol. The highest BCUT2D eigenvalue weighted by Crippen LogP contribution is 2.20. The molecule has 0 aliphatic carbocycles. The van der Waals surface area contributed by atoms with E-state index in [1.54, 1.807) is 6.07 Å². The molecule has 2 heterocycles. The van der Waals surface area contributed by atoms with E-state index < -0.39 is 0 Å². The van der Waals surface area contributed by atoms with Crippen LogP contribution in [-0.4, -0.2) is 31.1 Å². The maximum atomic E-state index is 11.7. The van der Waals surface area contributed by atoms with Crippen molar-refractivity contribution in [2.75, 3.05) is 20.1 Å². The highest BCUT2D eigenvalue weighted by Gasteiger charge is 2.22. The molecule has 1 fully saturated rings. The van der Waals surface area contributed by atoms with E-state index in [0.29, 0.717) is 11.6 Å². The maximum absolute atomic E-state index is 11.7. The molecule has 4 heteroatoms. The van der Waals surface area contributed by atoms with Gasteiger partial charge in [0.25, 0.3) is 0 Å². The van der Waals surface area contributed by atoms with Gasteiger partial charge in [-0.15, -0.1) is 0 Å². The smallest absolute Gasteiger partial charge is 0.336 e. The van der Waals surface area contributed by atoms with Gasteiger partial charge in [-0.2, -0.15) is 0 Å². The van der Waals surface area contributed by atoms with Gasteiger partial charge in [-0.1, -0.05) is 12.1 Å². The molecule has 0 radical (unpaired) electrons. The van der Waals surface area contributed by atoms with Crippen molar-refractivity contribution in [2.24, 2.45) is 0 Å². The van der Waals surface area contributed by atoms with Crippen molar-refractivity contribution in [3.05, 3.63) is 45.8 Å². The minimum absolute atomic E-state index is 0.270. The molecule has 100 valence electrons. The lowest BCUT2D eigenvalue weighted by atomic mass is 10.1. The predicted octanol–water partition coefficient (Wildman–Crippen LogP) is 1.51. The van der Waals surface area contributed by atoms with Gasteiger partial charge >= 0.3 is 5.63 Å². The van der Waals surface area contributed by atoms with Gasteiger partial charge in [0.2, 0.25) is 0 Å². The molecular weight excluding hydrogens is 240 g/mol. The van der Waals surface area contributed by atoms with Gasteiger partial charge in [0.1, 0.15) is 5.58 Å². The van der Waals surface area contributed by atoms with Crippen LogP contribution in [0.4, 0.5) is 0 Å². The van der Waals surface area contributed by atoms with Gasteiger partial charge in [-0.05, 0) is 31.2 Å². The average Bonchev–Trinajstić information content (AvgIpc) is 2.25. The summed E-state index contributed by atoms with van der Waals surface area (Å²) in [5, 5.41) is 4.29. The molecule has 1 aliphatic heterocycles. The molecule has 1 N–H and O–H groups in total. The van der Waals surface area contributed by atoms with Gasteiger partial charge in [0.15, 0.2) is 0 Å². The zero-order valence-electron chi connectivity index (χ0n) is 11.3. The molecule has 2 aromatic rings. The number of benzene rings is 1. The summed E-state index contributed by atoms with van der Waals surface area (Å²) in [7, 11) is 2.10. The standard InChI is InChI=1S/C15H18N2O2/c1-10-3-4-13-11(6-15(18)19-14(13)5-10)9-17(2)12-7-16-8-12/h3-6,12,16H,7-9H2,1-2H3. The van der Waals surface area contributed by atoms with Crippen molar-refractivity contribution < 1.29 is 4.42 Å². The lowest BCUT2D eigenvalue weighted by Gasteiger charge is -2.35. The summed E-state index contributed by atoms with van der Waals surface area (Å²) >= 11 is 0. The van der Waals surface area contributed by atoms with Crippen LogP contribution in [0.25, 0.3) is 11.0 Å². The van der Waals surface area contributed by atoms with Crippen LogP contribution >= 0.6 is 0 Å². The minimum Gasteiger partial charge on any atom is -0.423 e. The number of nitrogens with zero attached hydrogens (tertiary/aromatic N) is 1. The molecule has 0 atom stereocenters. The van der Waals surface area contributed by atoms with Crippen molar-refractivity contribution in [1.29, 1.82) is 0 Å². The Morgan fingerprint density at radius 2 is 2.16 bits per heavy atom. The Kier molecular flexibility index (Phi) is 3.12. The van der Waals surface area contributed by atoms with Gasteiger partial charge in [-0.3, -0.25) is 4.90 Å².